The summed E-state index contributed by atoms with van der Waals surface area (Å²) in [5.41, 5.74) is 10.4. The van der Waals surface area contributed by atoms with Gasteiger partial charge in [-0.2, -0.15) is 0 Å². The molecule has 0 aliphatic carbocycles. The fraction of sp³-hybridized carbons (Fsp3) is 0.217. The maximum absolute atomic E-state index is 6.38. The number of hydrogen-bond acceptors (Lipinski definition) is 6. The molecule has 0 radical (unpaired) electrons. The number of aryl methyl sites for hydroxylation is 1. The van der Waals surface area contributed by atoms with E-state index < -0.39 is 0 Å². The van der Waals surface area contributed by atoms with Crippen LogP contribution in [0.25, 0.3) is 16.6 Å². The highest BCUT2D eigenvalue weighted by Crippen LogP contribution is 2.33. The van der Waals surface area contributed by atoms with Crippen LogP contribution in [0.4, 0.5) is 0 Å². The summed E-state index contributed by atoms with van der Waals surface area (Å²) in [7, 11) is 4.03. The molecule has 1 aromatic carbocycles. The molecule has 3 rings (SSSR count). The van der Waals surface area contributed by atoms with Gasteiger partial charge in [0.15, 0.2) is 0 Å². The van der Waals surface area contributed by atoms with E-state index in [9.17, 15) is 0 Å². The van der Waals surface area contributed by atoms with Crippen molar-refractivity contribution in [3.8, 4) is 5.75 Å². The zero-order valence-electron chi connectivity index (χ0n) is 17.4. The van der Waals surface area contributed by atoms with Crippen LogP contribution in [0.5, 0.6) is 5.75 Å². The maximum Gasteiger partial charge on any atom is 0.146 e. The van der Waals surface area contributed by atoms with Crippen molar-refractivity contribution in [2.45, 2.75) is 18.4 Å². The Morgan fingerprint density at radius 1 is 1.33 bits per heavy atom. The number of para-hydroxylation sites is 1. The molecule has 0 spiro atoms. The minimum atomic E-state index is 0.302. The number of ether oxygens (including phenoxy) is 1. The summed E-state index contributed by atoms with van der Waals surface area (Å²) in [6, 6.07) is 8.04. The normalized spacial score (nSPS) is 11.6. The molecule has 0 bridgehead atoms. The van der Waals surface area contributed by atoms with E-state index in [0.29, 0.717) is 23.3 Å². The summed E-state index contributed by atoms with van der Waals surface area (Å²) in [6.07, 6.45) is 7.16. The van der Waals surface area contributed by atoms with Crippen LogP contribution in [0.1, 0.15) is 16.8 Å². The van der Waals surface area contributed by atoms with Crippen LogP contribution >= 0.6 is 23.4 Å². The number of allylic oxidation sites excluding steroid dienone is 2. The topological polar surface area (TPSA) is 64.3 Å². The molecule has 30 heavy (non-hydrogen) atoms. The zero-order chi connectivity index (χ0) is 21.7. The number of thioether (sulfide) groups is 1. The standard InChI is InChI=1S/C23H25ClN4OS/c1-5-7-20(28(3)4)17-10-15(2)27-23-16(17)8-6-9-21(23)29-13-18-19(24)11-26-12-22(18)30-14-25/h5-12H,1,13-14,25H2,2-4H3/b20-7-. The molecule has 2 N–H and O–H groups in total. The van der Waals surface area contributed by atoms with Crippen LogP contribution in [-0.2, 0) is 6.61 Å². The molecule has 0 fully saturated rings. The van der Waals surface area contributed by atoms with Gasteiger partial charge >= 0.3 is 0 Å². The quantitative estimate of drug-likeness (QED) is 0.292. The second-order valence-corrected chi connectivity index (χ2v) is 8.31. The fourth-order valence-corrected chi connectivity index (χ4v) is 4.14. The molecule has 156 valence electrons. The SMILES string of the molecule is C=C/C=C(/c1cc(C)nc2c(OCc3c(Cl)cncc3SCN)cccc12)N(C)C. The first-order valence-corrected chi connectivity index (χ1v) is 10.8. The van der Waals surface area contributed by atoms with Crippen molar-refractivity contribution < 1.29 is 4.74 Å². The van der Waals surface area contributed by atoms with Gasteiger partial charge in [0, 0.05) is 65.2 Å². The van der Waals surface area contributed by atoms with E-state index in [1.807, 2.05) is 39.2 Å². The summed E-state index contributed by atoms with van der Waals surface area (Å²) in [5.74, 6) is 1.14. The number of benzene rings is 1. The van der Waals surface area contributed by atoms with Gasteiger partial charge in [-0.15, -0.1) is 11.8 Å². The summed E-state index contributed by atoms with van der Waals surface area (Å²) in [4.78, 5) is 11.9. The lowest BCUT2D eigenvalue weighted by atomic mass is 10.0. The lowest BCUT2D eigenvalue weighted by Gasteiger charge is -2.20. The molecule has 3 aromatic rings. The van der Waals surface area contributed by atoms with E-state index >= 15 is 0 Å². The third kappa shape index (κ3) is 4.78. The Kier molecular flexibility index (Phi) is 7.37. The van der Waals surface area contributed by atoms with Crippen LogP contribution in [0.15, 0.2) is 60.3 Å². The molecule has 0 saturated carbocycles. The molecule has 2 heterocycles. The average molecular weight is 441 g/mol. The molecule has 0 amide bonds. The molecule has 0 aliphatic heterocycles. The van der Waals surface area contributed by atoms with Gasteiger partial charge in [-0.3, -0.25) is 4.98 Å². The summed E-state index contributed by atoms with van der Waals surface area (Å²) in [5, 5.41) is 1.57. The number of halogens is 1. The minimum absolute atomic E-state index is 0.302. The largest absolute Gasteiger partial charge is 0.487 e. The van der Waals surface area contributed by atoms with E-state index in [-0.39, 0.29) is 0 Å². The molecule has 0 unspecified atom stereocenters. The molecule has 0 saturated heterocycles. The average Bonchev–Trinajstić information content (AvgIpc) is 2.71. The second-order valence-electron chi connectivity index (χ2n) is 6.84. The van der Waals surface area contributed by atoms with E-state index in [1.54, 1.807) is 18.5 Å². The van der Waals surface area contributed by atoms with E-state index in [4.69, 9.17) is 27.1 Å². The third-order valence-electron chi connectivity index (χ3n) is 4.54. The number of rotatable bonds is 8. The van der Waals surface area contributed by atoms with Crippen LogP contribution in [0, 0.1) is 6.92 Å². The Morgan fingerprint density at radius 2 is 2.13 bits per heavy atom. The Balaban J connectivity index is 2.05. The lowest BCUT2D eigenvalue weighted by molar-refractivity contribution is 0.306. The number of nitrogens with two attached hydrogens (primary N) is 1. The Hall–Kier alpha value is -2.54. The first-order chi connectivity index (χ1) is 14.5. The Labute approximate surface area is 186 Å². The van der Waals surface area contributed by atoms with Gasteiger partial charge < -0.3 is 15.4 Å². The number of fused-ring (bicyclic) bond motifs is 1. The molecule has 2 aromatic heterocycles. The summed E-state index contributed by atoms with van der Waals surface area (Å²) >= 11 is 7.86. The highest BCUT2D eigenvalue weighted by Gasteiger charge is 2.15. The van der Waals surface area contributed by atoms with Gasteiger partial charge in [0.25, 0.3) is 0 Å². The van der Waals surface area contributed by atoms with Crippen LogP contribution in [-0.4, -0.2) is 34.8 Å². The van der Waals surface area contributed by atoms with Gasteiger partial charge in [0.1, 0.15) is 17.9 Å². The highest BCUT2D eigenvalue weighted by atomic mass is 35.5. The van der Waals surface area contributed by atoms with Gasteiger partial charge in [-0.05, 0) is 25.1 Å². The van der Waals surface area contributed by atoms with Gasteiger partial charge in [0.2, 0.25) is 0 Å². The smallest absolute Gasteiger partial charge is 0.146 e. The van der Waals surface area contributed by atoms with Gasteiger partial charge in [0.05, 0.1) is 5.02 Å². The highest BCUT2D eigenvalue weighted by molar-refractivity contribution is 7.99. The molecular weight excluding hydrogens is 416 g/mol. The van der Waals surface area contributed by atoms with Crippen LogP contribution in [0.2, 0.25) is 5.02 Å². The second kappa shape index (κ2) is 9.98. The van der Waals surface area contributed by atoms with Crippen molar-refractivity contribution in [3.05, 3.63) is 77.2 Å². The van der Waals surface area contributed by atoms with Gasteiger partial charge in [-0.25, -0.2) is 4.98 Å². The number of hydrogen-bond donors (Lipinski definition) is 1. The fourth-order valence-electron chi connectivity index (χ4n) is 3.22. The predicted molar refractivity (Wildman–Crippen MR) is 127 cm³/mol. The first kappa shape index (κ1) is 22.2. The van der Waals surface area contributed by atoms with Crippen molar-refractivity contribution >= 4 is 40.0 Å². The molecule has 7 heteroatoms. The summed E-state index contributed by atoms with van der Waals surface area (Å²) < 4.78 is 6.20. The maximum atomic E-state index is 6.38. The lowest BCUT2D eigenvalue weighted by Crippen LogP contribution is -2.11. The van der Waals surface area contributed by atoms with Crippen molar-refractivity contribution in [2.24, 2.45) is 5.73 Å². The minimum Gasteiger partial charge on any atom is -0.487 e. The molecule has 0 aliphatic rings. The van der Waals surface area contributed by atoms with Crippen molar-refractivity contribution in [1.29, 1.82) is 0 Å². The molecular formula is C23H25ClN4OS. The number of pyridine rings is 2. The monoisotopic (exact) mass is 440 g/mol. The first-order valence-electron chi connectivity index (χ1n) is 9.45. The molecule has 0 atom stereocenters. The van der Waals surface area contributed by atoms with Crippen molar-refractivity contribution in [3.63, 3.8) is 0 Å². The van der Waals surface area contributed by atoms with E-state index in [0.717, 1.165) is 38.3 Å². The van der Waals surface area contributed by atoms with E-state index in [2.05, 4.69) is 28.6 Å². The van der Waals surface area contributed by atoms with Crippen molar-refractivity contribution in [2.75, 3.05) is 20.0 Å². The molecule has 5 nitrogen and oxygen atoms in total. The Bertz CT molecular complexity index is 1100. The summed E-state index contributed by atoms with van der Waals surface area (Å²) in [6.45, 7) is 6.14. The van der Waals surface area contributed by atoms with E-state index in [1.165, 1.54) is 11.8 Å². The predicted octanol–water partition coefficient (Wildman–Crippen LogP) is 5.27. The van der Waals surface area contributed by atoms with Crippen LogP contribution in [0.3, 0.4) is 0 Å². The van der Waals surface area contributed by atoms with Crippen LogP contribution < -0.4 is 10.5 Å². The zero-order valence-corrected chi connectivity index (χ0v) is 18.9. The van der Waals surface area contributed by atoms with Crippen molar-refractivity contribution in [1.82, 2.24) is 14.9 Å². The number of aromatic nitrogens is 2. The van der Waals surface area contributed by atoms with Gasteiger partial charge in [-0.1, -0.05) is 36.4 Å². The third-order valence-corrected chi connectivity index (χ3v) is 5.70. The number of nitrogens with zero attached hydrogens (tertiary/aromatic N) is 3. The Morgan fingerprint density at radius 3 is 2.83 bits per heavy atom.